The molecule has 1 atom stereocenters. The van der Waals surface area contributed by atoms with E-state index in [0.29, 0.717) is 23.4 Å². The van der Waals surface area contributed by atoms with E-state index in [2.05, 4.69) is 20.8 Å². The van der Waals surface area contributed by atoms with Crippen molar-refractivity contribution < 1.29 is 14.7 Å². The molecule has 37 heavy (non-hydrogen) atoms. The van der Waals surface area contributed by atoms with E-state index in [1.807, 2.05) is 80.6 Å². The molecule has 0 saturated heterocycles. The van der Waals surface area contributed by atoms with Gasteiger partial charge in [-0.3, -0.25) is 9.59 Å². The van der Waals surface area contributed by atoms with Gasteiger partial charge >= 0.3 is 0 Å². The van der Waals surface area contributed by atoms with Gasteiger partial charge in [-0.2, -0.15) is 0 Å². The highest BCUT2D eigenvalue weighted by Crippen LogP contribution is 2.44. The van der Waals surface area contributed by atoms with Gasteiger partial charge in [-0.05, 0) is 58.4 Å². The van der Waals surface area contributed by atoms with Crippen LogP contribution in [0.5, 0.6) is 0 Å². The quantitative estimate of drug-likeness (QED) is 0.314. The number of carbonyl (C=O) groups excluding carboxylic acids is 2. The zero-order chi connectivity index (χ0) is 26.5. The van der Waals surface area contributed by atoms with Crippen LogP contribution in [0.3, 0.4) is 0 Å². The van der Waals surface area contributed by atoms with Crippen LogP contribution in [0, 0.1) is 13.8 Å². The Hall–Kier alpha value is -3.76. The number of fused-ring (bicyclic) bond motifs is 2. The minimum absolute atomic E-state index is 0.0439. The van der Waals surface area contributed by atoms with Gasteiger partial charge in [0.1, 0.15) is 0 Å². The summed E-state index contributed by atoms with van der Waals surface area (Å²) in [4.78, 5) is 29.2. The molecule has 0 aromatic heterocycles. The van der Waals surface area contributed by atoms with Crippen LogP contribution in [-0.2, 0) is 22.4 Å². The number of anilines is 1. The Morgan fingerprint density at radius 3 is 2.22 bits per heavy atom. The fraction of sp³-hybridized carbons (Fsp3) is 0.273. The number of rotatable bonds is 5. The van der Waals surface area contributed by atoms with Gasteiger partial charge in [-0.15, -0.1) is 0 Å². The summed E-state index contributed by atoms with van der Waals surface area (Å²) >= 11 is 0. The summed E-state index contributed by atoms with van der Waals surface area (Å²) in [6, 6.07) is 25.4. The molecule has 5 rings (SSSR count). The maximum atomic E-state index is 13.9. The van der Waals surface area contributed by atoms with E-state index < -0.39 is 11.5 Å². The number of hydrogen-bond donors (Lipinski definition) is 1. The van der Waals surface area contributed by atoms with Gasteiger partial charge in [-0.1, -0.05) is 93.6 Å². The second-order valence-electron chi connectivity index (χ2n) is 11.2. The van der Waals surface area contributed by atoms with Gasteiger partial charge in [0.15, 0.2) is 11.4 Å². The Balaban J connectivity index is 1.51. The Morgan fingerprint density at radius 2 is 1.51 bits per heavy atom. The van der Waals surface area contributed by atoms with Crippen molar-refractivity contribution in [3.8, 4) is 0 Å². The molecule has 0 spiro atoms. The molecular formula is C33H33NO3. The zero-order valence-electron chi connectivity index (χ0n) is 22.1. The number of ketones is 1. The van der Waals surface area contributed by atoms with Crippen molar-refractivity contribution in [3.63, 3.8) is 0 Å². The smallest absolute Gasteiger partial charge is 0.264 e. The van der Waals surface area contributed by atoms with Crippen LogP contribution in [-0.4, -0.2) is 16.8 Å². The third-order valence-corrected chi connectivity index (χ3v) is 7.54. The lowest BCUT2D eigenvalue weighted by molar-refractivity contribution is -0.136. The van der Waals surface area contributed by atoms with Crippen LogP contribution >= 0.6 is 0 Å². The van der Waals surface area contributed by atoms with Crippen LogP contribution in [0.15, 0.2) is 78.9 Å². The fourth-order valence-electron chi connectivity index (χ4n) is 5.59. The van der Waals surface area contributed by atoms with Crippen molar-refractivity contribution in [1.82, 2.24) is 0 Å². The number of aliphatic hydroxyl groups is 1. The first-order valence-electron chi connectivity index (χ1n) is 12.8. The van der Waals surface area contributed by atoms with Gasteiger partial charge in [0.2, 0.25) is 0 Å². The van der Waals surface area contributed by atoms with Crippen molar-refractivity contribution in [2.24, 2.45) is 0 Å². The van der Waals surface area contributed by atoms with Crippen LogP contribution in [0.1, 0.15) is 65.4 Å². The Morgan fingerprint density at radius 1 is 0.892 bits per heavy atom. The predicted octanol–water partition coefficient (Wildman–Crippen LogP) is 6.76. The van der Waals surface area contributed by atoms with E-state index in [4.69, 9.17) is 0 Å². The summed E-state index contributed by atoms with van der Waals surface area (Å²) in [5.74, 6) is -0.690. The SMILES string of the molecule is Cc1cc(C(C)(C)C)cc(C)c1C(=O)CC1(O)C(=O)N(Cc2cccc3ccccc23)c2ccccc21. The molecular weight excluding hydrogens is 458 g/mol. The highest BCUT2D eigenvalue weighted by molar-refractivity contribution is 6.11. The summed E-state index contributed by atoms with van der Waals surface area (Å²) in [6.07, 6.45) is -0.300. The number of aryl methyl sites for hydroxylation is 2. The Kier molecular flexibility index (Phi) is 6.04. The molecule has 1 heterocycles. The lowest BCUT2D eigenvalue weighted by Gasteiger charge is -2.25. The molecule has 4 aromatic carbocycles. The number of amides is 1. The molecule has 1 amide bonds. The van der Waals surface area contributed by atoms with E-state index in [1.54, 1.807) is 17.0 Å². The molecule has 1 aliphatic rings. The van der Waals surface area contributed by atoms with E-state index in [9.17, 15) is 14.7 Å². The van der Waals surface area contributed by atoms with Crippen molar-refractivity contribution in [2.75, 3.05) is 4.90 Å². The van der Waals surface area contributed by atoms with Crippen molar-refractivity contribution in [2.45, 2.75) is 58.6 Å². The second kappa shape index (κ2) is 8.97. The third kappa shape index (κ3) is 4.25. The molecule has 188 valence electrons. The van der Waals surface area contributed by atoms with Gasteiger partial charge in [0.25, 0.3) is 5.91 Å². The number of Topliss-reactive ketones (excluding diaryl/α,β-unsaturated/α-hetero) is 1. The van der Waals surface area contributed by atoms with E-state index in [1.165, 1.54) is 0 Å². The van der Waals surface area contributed by atoms with E-state index in [0.717, 1.165) is 33.0 Å². The highest BCUT2D eigenvalue weighted by atomic mass is 16.3. The Labute approximate surface area is 218 Å². The molecule has 4 heteroatoms. The summed E-state index contributed by atoms with van der Waals surface area (Å²) in [7, 11) is 0. The summed E-state index contributed by atoms with van der Waals surface area (Å²) in [6.45, 7) is 10.6. The molecule has 4 aromatic rings. The summed E-state index contributed by atoms with van der Waals surface area (Å²) in [5, 5.41) is 14.0. The normalized spacial score (nSPS) is 17.4. The first kappa shape index (κ1) is 24.9. The number of benzene rings is 4. The number of hydrogen-bond acceptors (Lipinski definition) is 3. The average molecular weight is 492 g/mol. The molecule has 0 fully saturated rings. The first-order chi connectivity index (χ1) is 17.5. The molecule has 1 unspecified atom stereocenters. The first-order valence-corrected chi connectivity index (χ1v) is 12.8. The molecule has 4 nitrogen and oxygen atoms in total. The Bertz CT molecular complexity index is 1520. The lowest BCUT2D eigenvalue weighted by atomic mass is 9.81. The number of para-hydroxylation sites is 1. The van der Waals surface area contributed by atoms with Crippen LogP contribution in [0.25, 0.3) is 10.8 Å². The maximum Gasteiger partial charge on any atom is 0.264 e. The van der Waals surface area contributed by atoms with Gasteiger partial charge in [0, 0.05) is 11.1 Å². The van der Waals surface area contributed by atoms with Crippen molar-refractivity contribution in [1.29, 1.82) is 0 Å². The number of nitrogens with zero attached hydrogens (tertiary/aromatic N) is 1. The van der Waals surface area contributed by atoms with E-state index >= 15 is 0 Å². The minimum atomic E-state index is -1.92. The lowest BCUT2D eigenvalue weighted by Crippen LogP contribution is -2.41. The molecule has 0 bridgehead atoms. The number of carbonyl (C=O) groups is 2. The van der Waals surface area contributed by atoms with Crippen LogP contribution in [0.2, 0.25) is 0 Å². The monoisotopic (exact) mass is 491 g/mol. The average Bonchev–Trinajstić information content (AvgIpc) is 3.05. The van der Waals surface area contributed by atoms with Crippen molar-refractivity contribution >= 4 is 28.2 Å². The fourth-order valence-corrected chi connectivity index (χ4v) is 5.59. The van der Waals surface area contributed by atoms with Crippen LogP contribution in [0.4, 0.5) is 5.69 Å². The van der Waals surface area contributed by atoms with Crippen LogP contribution < -0.4 is 4.90 Å². The van der Waals surface area contributed by atoms with E-state index in [-0.39, 0.29) is 17.6 Å². The van der Waals surface area contributed by atoms with Gasteiger partial charge in [0.05, 0.1) is 18.7 Å². The molecule has 0 saturated carbocycles. The third-order valence-electron chi connectivity index (χ3n) is 7.54. The van der Waals surface area contributed by atoms with Crippen molar-refractivity contribution in [3.05, 3.63) is 112 Å². The van der Waals surface area contributed by atoms with Gasteiger partial charge in [-0.25, -0.2) is 0 Å². The summed E-state index contributed by atoms with van der Waals surface area (Å²) in [5.41, 5.74) is 3.62. The highest BCUT2D eigenvalue weighted by Gasteiger charge is 2.51. The summed E-state index contributed by atoms with van der Waals surface area (Å²) < 4.78 is 0. The maximum absolute atomic E-state index is 13.9. The minimum Gasteiger partial charge on any atom is -0.375 e. The standard InChI is InChI=1S/C33H33NO3/c1-21-17-25(32(3,4)5)18-22(2)30(21)29(35)19-33(37)27-15-8-9-16-28(27)34(31(33)36)20-24-13-10-12-23-11-6-7-14-26(23)24/h6-18,37H,19-20H2,1-5H3. The molecule has 1 aliphatic heterocycles. The molecule has 0 aliphatic carbocycles. The second-order valence-corrected chi connectivity index (χ2v) is 11.2. The topological polar surface area (TPSA) is 57.6 Å². The molecule has 1 N–H and O–H groups in total. The molecule has 0 radical (unpaired) electrons. The largest absolute Gasteiger partial charge is 0.375 e. The predicted molar refractivity (Wildman–Crippen MR) is 149 cm³/mol. The zero-order valence-corrected chi connectivity index (χ0v) is 22.1. The van der Waals surface area contributed by atoms with Gasteiger partial charge < -0.3 is 10.0 Å².